The average molecular weight is 212 g/mol. The Morgan fingerprint density at radius 3 is 2.57 bits per heavy atom. The summed E-state index contributed by atoms with van der Waals surface area (Å²) in [6.45, 7) is 6.60. The van der Waals surface area contributed by atoms with E-state index in [1.165, 1.54) is 0 Å². The van der Waals surface area contributed by atoms with Crippen molar-refractivity contribution in [3.8, 4) is 0 Å². The molecule has 1 nitrogen and oxygen atoms in total. The second-order valence-corrected chi connectivity index (χ2v) is 4.78. The third-order valence-corrected chi connectivity index (χ3v) is 3.27. The number of rotatable bonds is 3. The van der Waals surface area contributed by atoms with E-state index in [9.17, 15) is 0 Å². The van der Waals surface area contributed by atoms with E-state index in [-0.39, 0.29) is 0 Å². The minimum atomic E-state index is 0.404. The predicted molar refractivity (Wildman–Crippen MR) is 29.8 cm³/mol. The molecule has 0 heterocycles. The van der Waals surface area contributed by atoms with Crippen LogP contribution in [-0.2, 0) is 0 Å². The topological polar surface area (TPSA) is 12.4 Å². The molecule has 0 N–H and O–H groups in total. The van der Waals surface area contributed by atoms with E-state index >= 15 is 0 Å². The summed E-state index contributed by atoms with van der Waals surface area (Å²) in [6, 6.07) is 0. The van der Waals surface area contributed by atoms with Crippen molar-refractivity contribution in [3.63, 3.8) is 0 Å². The molecule has 0 fully saturated rings. The van der Waals surface area contributed by atoms with Gasteiger partial charge in [-0.3, -0.25) is 0 Å². The van der Waals surface area contributed by atoms with Gasteiger partial charge in [-0.2, -0.15) is 0 Å². The van der Waals surface area contributed by atoms with Crippen molar-refractivity contribution in [2.75, 3.05) is 11.5 Å². The number of hydrogen-bond donors (Lipinski definition) is 0. The molecule has 0 bridgehead atoms. The summed E-state index contributed by atoms with van der Waals surface area (Å²) >= 11 is 0.404. The van der Waals surface area contributed by atoms with Crippen LogP contribution in [0.1, 0.15) is 6.92 Å². The van der Waals surface area contributed by atoms with Crippen LogP contribution in [0.4, 0.5) is 0 Å². The molecule has 0 spiro atoms. The Hall–Kier alpha value is 0.400. The molecule has 0 amide bonds. The molecule has 0 aromatic carbocycles. The van der Waals surface area contributed by atoms with Crippen molar-refractivity contribution >= 4 is 6.72 Å². The molecule has 0 aliphatic rings. The first-order valence-electron chi connectivity index (χ1n) is 2.21. The SMILES string of the molecule is C=NCC(C)[I-]C. The zero-order valence-corrected chi connectivity index (χ0v) is 6.97. The molecule has 2 heteroatoms. The van der Waals surface area contributed by atoms with E-state index in [1.54, 1.807) is 0 Å². The molecule has 0 radical (unpaired) electrons. The predicted octanol–water partition coefficient (Wildman–Crippen LogP) is -2.21. The van der Waals surface area contributed by atoms with Gasteiger partial charge in [-0.15, -0.1) is 0 Å². The van der Waals surface area contributed by atoms with Gasteiger partial charge >= 0.3 is 55.2 Å². The zero-order valence-electron chi connectivity index (χ0n) is 4.82. The summed E-state index contributed by atoms with van der Waals surface area (Å²) < 4.78 is 0.830. The van der Waals surface area contributed by atoms with Crippen molar-refractivity contribution in [3.05, 3.63) is 0 Å². The molecule has 7 heavy (non-hydrogen) atoms. The summed E-state index contributed by atoms with van der Waals surface area (Å²) in [7, 11) is 0. The van der Waals surface area contributed by atoms with E-state index < -0.39 is 0 Å². The molecular formula is C5H11IN-. The molecular weight excluding hydrogens is 201 g/mol. The molecule has 0 rings (SSSR count). The molecule has 0 aromatic rings. The molecule has 1 unspecified atom stereocenters. The summed E-state index contributed by atoms with van der Waals surface area (Å²) in [5.74, 6) is 0. The van der Waals surface area contributed by atoms with Crippen molar-refractivity contribution in [1.29, 1.82) is 0 Å². The Morgan fingerprint density at radius 2 is 2.43 bits per heavy atom. The quantitative estimate of drug-likeness (QED) is 0.286. The standard InChI is InChI=1S/C5H11IN/c1-5(6-2)4-7-3/h5H,3-4H2,1-2H3/q-1. The van der Waals surface area contributed by atoms with Crippen molar-refractivity contribution in [2.24, 2.45) is 4.99 Å². The molecule has 0 aliphatic heterocycles. The fourth-order valence-corrected chi connectivity index (χ4v) is 0.919. The van der Waals surface area contributed by atoms with Gasteiger partial charge in [0.05, 0.1) is 0 Å². The van der Waals surface area contributed by atoms with E-state index in [0.717, 1.165) is 10.5 Å². The minimum absolute atomic E-state index is 0.404. The van der Waals surface area contributed by atoms with E-state index in [2.05, 4.69) is 23.6 Å². The Morgan fingerprint density at radius 1 is 1.86 bits per heavy atom. The van der Waals surface area contributed by atoms with Crippen molar-refractivity contribution in [2.45, 2.75) is 10.8 Å². The van der Waals surface area contributed by atoms with Crippen molar-refractivity contribution in [1.82, 2.24) is 0 Å². The number of alkyl halides is 2. The molecule has 0 saturated heterocycles. The Balaban J connectivity index is 2.98. The van der Waals surface area contributed by atoms with Crippen LogP contribution >= 0.6 is 0 Å². The van der Waals surface area contributed by atoms with Gasteiger partial charge in [0, 0.05) is 0 Å². The summed E-state index contributed by atoms with van der Waals surface area (Å²) in [5, 5.41) is 0. The second-order valence-electron chi connectivity index (χ2n) is 1.41. The van der Waals surface area contributed by atoms with Crippen molar-refractivity contribution < 1.29 is 21.2 Å². The van der Waals surface area contributed by atoms with Crippen LogP contribution in [0, 0.1) is 0 Å². The average Bonchev–Trinajstić information content (AvgIpc) is 1.68. The Kier molecular flexibility index (Phi) is 4.82. The van der Waals surface area contributed by atoms with Gasteiger partial charge in [0.25, 0.3) is 0 Å². The Bertz CT molecular complexity index is 54.0. The van der Waals surface area contributed by atoms with Crippen LogP contribution in [0.5, 0.6) is 0 Å². The molecule has 0 aliphatic carbocycles. The maximum absolute atomic E-state index is 3.78. The van der Waals surface area contributed by atoms with Gasteiger partial charge in [0.15, 0.2) is 0 Å². The van der Waals surface area contributed by atoms with Gasteiger partial charge < -0.3 is 0 Å². The normalized spacial score (nSPS) is 14.0. The third kappa shape index (κ3) is 4.25. The third-order valence-electron chi connectivity index (χ3n) is 0.753. The van der Waals surface area contributed by atoms with Crippen LogP contribution in [-0.4, -0.2) is 22.1 Å². The van der Waals surface area contributed by atoms with Gasteiger partial charge in [-0.05, 0) is 0 Å². The summed E-state index contributed by atoms with van der Waals surface area (Å²) in [5.41, 5.74) is 0. The first-order chi connectivity index (χ1) is 3.31. The monoisotopic (exact) mass is 212 g/mol. The molecule has 0 saturated carbocycles. The first kappa shape index (κ1) is 7.40. The van der Waals surface area contributed by atoms with Gasteiger partial charge in [-0.1, -0.05) is 0 Å². The molecule has 44 valence electrons. The van der Waals surface area contributed by atoms with Crippen LogP contribution in [0.25, 0.3) is 0 Å². The fourth-order valence-electron chi connectivity index (χ4n) is 0.247. The Labute approximate surface area is 55.5 Å². The van der Waals surface area contributed by atoms with Crippen LogP contribution in [0.15, 0.2) is 4.99 Å². The number of halogens is 1. The van der Waals surface area contributed by atoms with E-state index in [4.69, 9.17) is 0 Å². The molecule has 0 aromatic heterocycles. The van der Waals surface area contributed by atoms with Gasteiger partial charge in [-0.25, -0.2) is 0 Å². The van der Waals surface area contributed by atoms with Gasteiger partial charge in [0.1, 0.15) is 0 Å². The summed E-state index contributed by atoms with van der Waals surface area (Å²) in [6.07, 6.45) is 0. The van der Waals surface area contributed by atoms with Gasteiger partial charge in [0.2, 0.25) is 0 Å². The zero-order chi connectivity index (χ0) is 5.70. The number of aliphatic imine (C=N–C) groups is 1. The summed E-state index contributed by atoms with van der Waals surface area (Å²) in [4.78, 5) is 6.06. The van der Waals surface area contributed by atoms with E-state index in [0.29, 0.717) is 21.2 Å². The first-order valence-corrected chi connectivity index (χ1v) is 5.62. The second kappa shape index (κ2) is 4.56. The number of hydrogen-bond acceptors (Lipinski definition) is 1. The number of nitrogens with zero attached hydrogens (tertiary/aromatic N) is 1. The van der Waals surface area contributed by atoms with Crippen LogP contribution in [0.3, 0.4) is 0 Å². The van der Waals surface area contributed by atoms with Crippen LogP contribution in [0.2, 0.25) is 0 Å². The van der Waals surface area contributed by atoms with Crippen LogP contribution < -0.4 is 21.2 Å². The fraction of sp³-hybridized carbons (Fsp3) is 0.800. The maximum atomic E-state index is 3.78. The van der Waals surface area contributed by atoms with E-state index in [1.807, 2.05) is 0 Å². The molecule has 1 atom stereocenters.